The second-order valence-corrected chi connectivity index (χ2v) is 5.88. The van der Waals surface area contributed by atoms with Crippen molar-refractivity contribution in [2.75, 3.05) is 19.6 Å². The van der Waals surface area contributed by atoms with Crippen LogP contribution in [0.4, 0.5) is 8.78 Å². The Hall–Kier alpha value is -1.00. The molecule has 2 atom stereocenters. The summed E-state index contributed by atoms with van der Waals surface area (Å²) in [7, 11) is 0. The van der Waals surface area contributed by atoms with Crippen molar-refractivity contribution in [1.82, 2.24) is 4.90 Å². The number of nitrogens with zero attached hydrogens (tertiary/aromatic N) is 1. The second-order valence-electron chi connectivity index (χ2n) is 5.88. The SMILES string of the molecule is Cc1cc(F)c(C(C)N2CCCC(CCN)C2)cc1F. The van der Waals surface area contributed by atoms with Crippen LogP contribution in [0, 0.1) is 24.5 Å². The minimum Gasteiger partial charge on any atom is -0.330 e. The Kier molecular flexibility index (Phi) is 5.11. The van der Waals surface area contributed by atoms with Crippen LogP contribution in [0.25, 0.3) is 0 Å². The van der Waals surface area contributed by atoms with Crippen molar-refractivity contribution >= 4 is 0 Å². The van der Waals surface area contributed by atoms with Gasteiger partial charge in [-0.2, -0.15) is 0 Å². The molecule has 0 radical (unpaired) electrons. The molecule has 1 aromatic rings. The lowest BCUT2D eigenvalue weighted by Crippen LogP contribution is -2.38. The molecular formula is C16H24F2N2. The lowest BCUT2D eigenvalue weighted by molar-refractivity contribution is 0.126. The molecule has 2 unspecified atom stereocenters. The van der Waals surface area contributed by atoms with Crippen LogP contribution in [0.3, 0.4) is 0 Å². The first-order valence-corrected chi connectivity index (χ1v) is 7.42. The Labute approximate surface area is 120 Å². The largest absolute Gasteiger partial charge is 0.330 e. The molecule has 0 aromatic heterocycles. The highest BCUT2D eigenvalue weighted by molar-refractivity contribution is 5.27. The van der Waals surface area contributed by atoms with Crippen LogP contribution < -0.4 is 5.73 Å². The van der Waals surface area contributed by atoms with Crippen molar-refractivity contribution in [3.8, 4) is 0 Å². The number of hydrogen-bond acceptors (Lipinski definition) is 2. The van der Waals surface area contributed by atoms with E-state index in [1.54, 1.807) is 6.92 Å². The van der Waals surface area contributed by atoms with Gasteiger partial charge in [-0.15, -0.1) is 0 Å². The number of hydrogen-bond donors (Lipinski definition) is 1. The number of benzene rings is 1. The van der Waals surface area contributed by atoms with Gasteiger partial charge in [0.25, 0.3) is 0 Å². The maximum Gasteiger partial charge on any atom is 0.128 e. The lowest BCUT2D eigenvalue weighted by atomic mass is 9.92. The summed E-state index contributed by atoms with van der Waals surface area (Å²) < 4.78 is 27.8. The van der Waals surface area contributed by atoms with E-state index in [0.29, 0.717) is 23.6 Å². The number of halogens is 2. The topological polar surface area (TPSA) is 29.3 Å². The standard InChI is InChI=1S/C16H24F2N2/c1-11-8-16(18)14(9-15(11)17)12(2)20-7-3-4-13(10-20)5-6-19/h8-9,12-13H,3-7,10,19H2,1-2H3. The first kappa shape index (κ1) is 15.4. The summed E-state index contributed by atoms with van der Waals surface area (Å²) in [4.78, 5) is 2.25. The van der Waals surface area contributed by atoms with E-state index in [-0.39, 0.29) is 17.7 Å². The predicted molar refractivity (Wildman–Crippen MR) is 77.5 cm³/mol. The summed E-state index contributed by atoms with van der Waals surface area (Å²) in [6.07, 6.45) is 3.30. The van der Waals surface area contributed by atoms with Crippen LogP contribution in [0.1, 0.15) is 43.4 Å². The maximum atomic E-state index is 14.1. The highest BCUT2D eigenvalue weighted by atomic mass is 19.1. The highest BCUT2D eigenvalue weighted by Crippen LogP contribution is 2.30. The number of rotatable bonds is 4. The maximum absolute atomic E-state index is 14.1. The Bertz CT molecular complexity index is 460. The molecule has 0 amide bonds. The molecule has 1 fully saturated rings. The number of piperidine rings is 1. The molecule has 2 N–H and O–H groups in total. The van der Waals surface area contributed by atoms with Gasteiger partial charge >= 0.3 is 0 Å². The predicted octanol–water partition coefficient (Wildman–Crippen LogP) is 3.40. The molecule has 2 nitrogen and oxygen atoms in total. The molecule has 0 aliphatic carbocycles. The minimum atomic E-state index is -0.330. The quantitative estimate of drug-likeness (QED) is 0.917. The van der Waals surface area contributed by atoms with E-state index in [0.717, 1.165) is 25.9 Å². The number of aryl methyl sites for hydroxylation is 1. The normalized spacial score (nSPS) is 21.9. The van der Waals surface area contributed by atoms with Gasteiger partial charge in [0, 0.05) is 18.2 Å². The molecule has 1 aromatic carbocycles. The fourth-order valence-corrected chi connectivity index (χ4v) is 3.10. The average molecular weight is 282 g/mol. The molecule has 0 saturated carbocycles. The molecule has 1 saturated heterocycles. The van der Waals surface area contributed by atoms with Crippen molar-refractivity contribution in [2.45, 2.75) is 39.2 Å². The molecule has 2 rings (SSSR count). The Morgan fingerprint density at radius 2 is 2.10 bits per heavy atom. The minimum absolute atomic E-state index is 0.0920. The Morgan fingerprint density at radius 3 is 2.80 bits per heavy atom. The third kappa shape index (κ3) is 3.36. The van der Waals surface area contributed by atoms with E-state index in [9.17, 15) is 8.78 Å². The van der Waals surface area contributed by atoms with E-state index in [2.05, 4.69) is 4.90 Å². The lowest BCUT2D eigenvalue weighted by Gasteiger charge is -2.37. The first-order chi connectivity index (χ1) is 9.52. The van der Waals surface area contributed by atoms with Gasteiger partial charge in [-0.1, -0.05) is 0 Å². The van der Waals surface area contributed by atoms with Crippen LogP contribution >= 0.6 is 0 Å². The Balaban J connectivity index is 2.14. The molecule has 1 heterocycles. The number of nitrogens with two attached hydrogens (primary N) is 1. The molecule has 4 heteroatoms. The van der Waals surface area contributed by atoms with Gasteiger partial charge in [0.2, 0.25) is 0 Å². The van der Waals surface area contributed by atoms with Gasteiger partial charge in [-0.05, 0) is 69.8 Å². The van der Waals surface area contributed by atoms with Crippen molar-refractivity contribution < 1.29 is 8.78 Å². The molecule has 20 heavy (non-hydrogen) atoms. The summed E-state index contributed by atoms with van der Waals surface area (Å²) in [6.45, 7) is 6.11. The van der Waals surface area contributed by atoms with Crippen molar-refractivity contribution in [3.05, 3.63) is 34.9 Å². The monoisotopic (exact) mass is 282 g/mol. The fourth-order valence-electron chi connectivity index (χ4n) is 3.10. The molecule has 0 bridgehead atoms. The summed E-state index contributed by atoms with van der Waals surface area (Å²) in [6, 6.07) is 2.55. The molecular weight excluding hydrogens is 258 g/mol. The summed E-state index contributed by atoms with van der Waals surface area (Å²) in [5.74, 6) is -0.0596. The van der Waals surface area contributed by atoms with Crippen LogP contribution in [0.5, 0.6) is 0 Å². The van der Waals surface area contributed by atoms with E-state index in [1.165, 1.54) is 18.6 Å². The van der Waals surface area contributed by atoms with E-state index in [1.807, 2.05) is 6.92 Å². The third-order valence-corrected chi connectivity index (χ3v) is 4.40. The van der Waals surface area contributed by atoms with E-state index in [4.69, 9.17) is 5.73 Å². The van der Waals surface area contributed by atoms with Crippen LogP contribution in [0.15, 0.2) is 12.1 Å². The first-order valence-electron chi connectivity index (χ1n) is 7.42. The molecule has 1 aliphatic heterocycles. The summed E-state index contributed by atoms with van der Waals surface area (Å²) in [5, 5.41) is 0. The van der Waals surface area contributed by atoms with Gasteiger partial charge in [0.05, 0.1) is 0 Å². The summed E-state index contributed by atoms with van der Waals surface area (Å²) in [5.41, 5.74) is 6.44. The van der Waals surface area contributed by atoms with Crippen molar-refractivity contribution in [1.29, 1.82) is 0 Å². The van der Waals surface area contributed by atoms with Gasteiger partial charge in [-0.25, -0.2) is 8.78 Å². The summed E-state index contributed by atoms with van der Waals surface area (Å²) >= 11 is 0. The van der Waals surface area contributed by atoms with E-state index < -0.39 is 0 Å². The van der Waals surface area contributed by atoms with E-state index >= 15 is 0 Å². The van der Waals surface area contributed by atoms with Crippen LogP contribution in [-0.4, -0.2) is 24.5 Å². The Morgan fingerprint density at radius 1 is 1.35 bits per heavy atom. The van der Waals surface area contributed by atoms with Crippen LogP contribution in [0.2, 0.25) is 0 Å². The molecule has 1 aliphatic rings. The van der Waals surface area contributed by atoms with Gasteiger partial charge < -0.3 is 5.73 Å². The van der Waals surface area contributed by atoms with Gasteiger partial charge in [0.1, 0.15) is 11.6 Å². The van der Waals surface area contributed by atoms with Crippen molar-refractivity contribution in [3.63, 3.8) is 0 Å². The average Bonchev–Trinajstić information content (AvgIpc) is 2.43. The number of likely N-dealkylation sites (tertiary alicyclic amines) is 1. The smallest absolute Gasteiger partial charge is 0.128 e. The zero-order valence-electron chi connectivity index (χ0n) is 12.3. The van der Waals surface area contributed by atoms with Gasteiger partial charge in [-0.3, -0.25) is 4.90 Å². The zero-order valence-corrected chi connectivity index (χ0v) is 12.3. The van der Waals surface area contributed by atoms with Crippen LogP contribution in [-0.2, 0) is 0 Å². The zero-order chi connectivity index (χ0) is 14.7. The third-order valence-electron chi connectivity index (χ3n) is 4.40. The highest BCUT2D eigenvalue weighted by Gasteiger charge is 2.26. The molecule has 0 spiro atoms. The fraction of sp³-hybridized carbons (Fsp3) is 0.625. The van der Waals surface area contributed by atoms with Gasteiger partial charge in [0.15, 0.2) is 0 Å². The second kappa shape index (κ2) is 6.64. The van der Waals surface area contributed by atoms with Crippen molar-refractivity contribution in [2.24, 2.45) is 11.7 Å². The molecule has 112 valence electrons.